The Morgan fingerprint density at radius 2 is 1.81 bits per heavy atom. The van der Waals surface area contributed by atoms with Crippen molar-refractivity contribution in [3.8, 4) is 5.75 Å². The zero-order valence-corrected chi connectivity index (χ0v) is 11.8. The topological polar surface area (TPSA) is 78.3 Å². The Morgan fingerprint density at radius 3 is 2.38 bits per heavy atom. The van der Waals surface area contributed by atoms with Crippen molar-refractivity contribution in [2.24, 2.45) is 11.5 Å². The number of ether oxygens (including phenoxy) is 1. The van der Waals surface area contributed by atoms with Crippen LogP contribution in [-0.4, -0.2) is 10.9 Å². The van der Waals surface area contributed by atoms with Gasteiger partial charge < -0.3 is 16.2 Å². The van der Waals surface area contributed by atoms with Gasteiger partial charge in [-0.05, 0) is 42.5 Å². The lowest BCUT2D eigenvalue weighted by atomic mass is 10.1. The summed E-state index contributed by atoms with van der Waals surface area (Å²) in [4.78, 5) is 11.1. The molecule has 108 valence electrons. The van der Waals surface area contributed by atoms with Crippen LogP contribution in [0.25, 0.3) is 0 Å². The second-order valence-corrected chi connectivity index (χ2v) is 4.78. The largest absolute Gasteiger partial charge is 0.489 e. The highest BCUT2D eigenvalue weighted by Gasteiger charge is 2.08. The number of hydrogen-bond donors (Lipinski definition) is 2. The summed E-state index contributed by atoms with van der Waals surface area (Å²) in [7, 11) is 0. The van der Waals surface area contributed by atoms with E-state index in [9.17, 15) is 9.18 Å². The lowest BCUT2D eigenvalue weighted by molar-refractivity contribution is 0.1000. The van der Waals surface area contributed by atoms with Crippen molar-refractivity contribution in [1.29, 1.82) is 0 Å². The smallest absolute Gasteiger partial charge is 0.248 e. The molecular formula is C15H13FN2O2S. The lowest BCUT2D eigenvalue weighted by Crippen LogP contribution is -2.14. The Balaban J connectivity index is 2.14. The summed E-state index contributed by atoms with van der Waals surface area (Å²) in [6, 6.07) is 10.5. The van der Waals surface area contributed by atoms with Crippen molar-refractivity contribution in [2.45, 2.75) is 6.61 Å². The maximum absolute atomic E-state index is 13.3. The molecule has 0 radical (unpaired) electrons. The van der Waals surface area contributed by atoms with Gasteiger partial charge in [0.1, 0.15) is 23.2 Å². The van der Waals surface area contributed by atoms with E-state index in [2.05, 4.69) is 0 Å². The van der Waals surface area contributed by atoms with Crippen LogP contribution in [0.2, 0.25) is 0 Å². The number of thiocarbonyl (C=S) groups is 1. The highest BCUT2D eigenvalue weighted by molar-refractivity contribution is 7.80. The van der Waals surface area contributed by atoms with Crippen LogP contribution in [0.4, 0.5) is 4.39 Å². The van der Waals surface area contributed by atoms with Crippen molar-refractivity contribution in [2.75, 3.05) is 0 Å². The summed E-state index contributed by atoms with van der Waals surface area (Å²) < 4.78 is 18.8. The third kappa shape index (κ3) is 3.76. The van der Waals surface area contributed by atoms with Gasteiger partial charge in [0.15, 0.2) is 0 Å². The SMILES string of the molecule is NC(=O)c1ccc(OCc2cc(F)ccc2C(N)=S)cc1. The number of primary amides is 1. The minimum Gasteiger partial charge on any atom is -0.489 e. The average molecular weight is 304 g/mol. The van der Waals surface area contributed by atoms with Crippen molar-refractivity contribution in [1.82, 2.24) is 0 Å². The average Bonchev–Trinajstić information content (AvgIpc) is 2.45. The molecule has 0 saturated carbocycles. The number of amides is 1. The van der Waals surface area contributed by atoms with Crippen molar-refractivity contribution >= 4 is 23.1 Å². The summed E-state index contributed by atoms with van der Waals surface area (Å²) in [5.74, 6) is -0.377. The molecule has 2 aromatic rings. The summed E-state index contributed by atoms with van der Waals surface area (Å²) in [5.41, 5.74) is 12.3. The van der Waals surface area contributed by atoms with Crippen LogP contribution in [0.5, 0.6) is 5.75 Å². The number of benzene rings is 2. The molecular weight excluding hydrogens is 291 g/mol. The second kappa shape index (κ2) is 6.32. The van der Waals surface area contributed by atoms with E-state index in [-0.39, 0.29) is 11.6 Å². The summed E-state index contributed by atoms with van der Waals surface area (Å²) >= 11 is 4.92. The molecule has 1 amide bonds. The Morgan fingerprint density at radius 1 is 1.14 bits per heavy atom. The van der Waals surface area contributed by atoms with Crippen LogP contribution in [0.3, 0.4) is 0 Å². The molecule has 0 fully saturated rings. The monoisotopic (exact) mass is 304 g/mol. The highest BCUT2D eigenvalue weighted by atomic mass is 32.1. The maximum atomic E-state index is 13.3. The zero-order valence-electron chi connectivity index (χ0n) is 11.0. The molecule has 4 nitrogen and oxygen atoms in total. The van der Waals surface area contributed by atoms with E-state index < -0.39 is 11.7 Å². The fraction of sp³-hybridized carbons (Fsp3) is 0.0667. The first kappa shape index (κ1) is 14.9. The predicted molar refractivity (Wildman–Crippen MR) is 81.6 cm³/mol. The van der Waals surface area contributed by atoms with Crippen molar-refractivity contribution in [3.05, 3.63) is 65.0 Å². The van der Waals surface area contributed by atoms with Gasteiger partial charge in [-0.2, -0.15) is 0 Å². The molecule has 0 unspecified atom stereocenters. The lowest BCUT2D eigenvalue weighted by Gasteiger charge is -2.10. The number of hydrogen-bond acceptors (Lipinski definition) is 3. The van der Waals surface area contributed by atoms with Crippen molar-refractivity contribution in [3.63, 3.8) is 0 Å². The van der Waals surface area contributed by atoms with E-state index in [0.29, 0.717) is 22.4 Å². The molecule has 6 heteroatoms. The van der Waals surface area contributed by atoms with E-state index in [1.54, 1.807) is 24.3 Å². The fourth-order valence-corrected chi connectivity index (χ4v) is 2.00. The van der Waals surface area contributed by atoms with Gasteiger partial charge in [-0.3, -0.25) is 4.79 Å². The van der Waals surface area contributed by atoms with Crippen molar-refractivity contribution < 1.29 is 13.9 Å². The van der Waals surface area contributed by atoms with Gasteiger partial charge in [-0.1, -0.05) is 12.2 Å². The number of carbonyl (C=O) groups excluding carboxylic acids is 1. The molecule has 4 N–H and O–H groups in total. The van der Waals surface area contributed by atoms with Gasteiger partial charge in [-0.15, -0.1) is 0 Å². The Kier molecular flexibility index (Phi) is 4.49. The van der Waals surface area contributed by atoms with Gasteiger partial charge in [-0.25, -0.2) is 4.39 Å². The van der Waals surface area contributed by atoms with Crippen LogP contribution < -0.4 is 16.2 Å². The molecule has 2 aromatic carbocycles. The van der Waals surface area contributed by atoms with Gasteiger partial charge in [0.2, 0.25) is 5.91 Å². The van der Waals surface area contributed by atoms with E-state index in [0.717, 1.165) is 0 Å². The molecule has 0 heterocycles. The quantitative estimate of drug-likeness (QED) is 0.830. The zero-order chi connectivity index (χ0) is 15.4. The predicted octanol–water partition coefficient (Wildman–Crippen LogP) is 2.14. The molecule has 0 saturated heterocycles. The highest BCUT2D eigenvalue weighted by Crippen LogP contribution is 2.17. The Labute approximate surface area is 126 Å². The summed E-state index contributed by atoms with van der Waals surface area (Å²) in [5, 5.41) is 0. The number of halogens is 1. The molecule has 0 aliphatic carbocycles. The van der Waals surface area contributed by atoms with Gasteiger partial charge in [0.05, 0.1) is 0 Å². The molecule has 0 spiro atoms. The van der Waals surface area contributed by atoms with E-state index in [1.807, 2.05) is 0 Å². The van der Waals surface area contributed by atoms with E-state index in [1.165, 1.54) is 18.2 Å². The maximum Gasteiger partial charge on any atom is 0.248 e. The van der Waals surface area contributed by atoms with Crippen LogP contribution in [0.1, 0.15) is 21.5 Å². The fourth-order valence-electron chi connectivity index (χ4n) is 1.80. The summed E-state index contributed by atoms with van der Waals surface area (Å²) in [6.45, 7) is 0.111. The molecule has 2 rings (SSSR count). The Bertz CT molecular complexity index is 687. The second-order valence-electron chi connectivity index (χ2n) is 4.34. The minimum atomic E-state index is -0.512. The molecule has 0 aliphatic heterocycles. The first-order valence-corrected chi connectivity index (χ1v) is 6.49. The first-order chi connectivity index (χ1) is 9.97. The van der Waals surface area contributed by atoms with E-state index >= 15 is 0 Å². The van der Waals surface area contributed by atoms with Crippen LogP contribution in [0, 0.1) is 5.82 Å². The first-order valence-electron chi connectivity index (χ1n) is 6.08. The van der Waals surface area contributed by atoms with Gasteiger partial charge in [0, 0.05) is 16.7 Å². The Hall–Kier alpha value is -2.47. The molecule has 0 atom stereocenters. The van der Waals surface area contributed by atoms with Crippen LogP contribution >= 0.6 is 12.2 Å². The third-order valence-corrected chi connectivity index (χ3v) is 3.09. The van der Waals surface area contributed by atoms with Gasteiger partial charge in [0.25, 0.3) is 0 Å². The molecule has 0 aliphatic rings. The molecule has 21 heavy (non-hydrogen) atoms. The molecule has 0 bridgehead atoms. The normalized spacial score (nSPS) is 10.1. The molecule has 0 aromatic heterocycles. The number of nitrogens with two attached hydrogens (primary N) is 2. The standard InChI is InChI=1S/C15H13FN2O2S/c16-11-3-6-13(15(18)21)10(7-11)8-20-12-4-1-9(2-5-12)14(17)19/h1-7H,8H2,(H2,17,19)(H2,18,21). The van der Waals surface area contributed by atoms with E-state index in [4.69, 9.17) is 28.4 Å². The minimum absolute atomic E-state index is 0.111. The van der Waals surface area contributed by atoms with Crippen LogP contribution in [-0.2, 0) is 6.61 Å². The third-order valence-electron chi connectivity index (χ3n) is 2.87. The number of carbonyl (C=O) groups is 1. The van der Waals surface area contributed by atoms with Crippen LogP contribution in [0.15, 0.2) is 42.5 Å². The summed E-state index contributed by atoms with van der Waals surface area (Å²) in [6.07, 6.45) is 0. The number of rotatable bonds is 5. The van der Waals surface area contributed by atoms with Gasteiger partial charge >= 0.3 is 0 Å².